The molecule has 1 aromatic heterocycles. The standard InChI is InChI=1S/C12H16BrN3S/c1-8-7-17-5-4-16(8)11-6-10(13)14-12(15-11)9-2-3-9/h6,8-9H,2-5,7H2,1H3. The van der Waals surface area contributed by atoms with Gasteiger partial charge in [-0.2, -0.15) is 11.8 Å². The Labute approximate surface area is 115 Å². The summed E-state index contributed by atoms with van der Waals surface area (Å²) in [7, 11) is 0. The monoisotopic (exact) mass is 313 g/mol. The topological polar surface area (TPSA) is 29.0 Å². The molecule has 92 valence electrons. The summed E-state index contributed by atoms with van der Waals surface area (Å²) in [4.78, 5) is 11.6. The molecule has 17 heavy (non-hydrogen) atoms. The SMILES string of the molecule is CC1CSCCN1c1cc(Br)nc(C2CC2)n1. The average molecular weight is 314 g/mol. The van der Waals surface area contributed by atoms with E-state index in [1.54, 1.807) is 0 Å². The largest absolute Gasteiger partial charge is 0.352 e. The highest BCUT2D eigenvalue weighted by atomic mass is 79.9. The molecule has 2 aliphatic rings. The Kier molecular flexibility index (Phi) is 3.30. The predicted octanol–water partition coefficient (Wildman–Crippen LogP) is 3.06. The van der Waals surface area contributed by atoms with Gasteiger partial charge in [-0.1, -0.05) is 0 Å². The first-order valence-corrected chi connectivity index (χ1v) is 8.07. The number of nitrogens with zero attached hydrogens (tertiary/aromatic N) is 3. The molecule has 1 saturated heterocycles. The molecule has 1 aromatic rings. The molecule has 0 bridgehead atoms. The van der Waals surface area contributed by atoms with Crippen LogP contribution < -0.4 is 4.90 Å². The molecule has 1 aliphatic carbocycles. The maximum absolute atomic E-state index is 4.75. The zero-order valence-electron chi connectivity index (χ0n) is 9.90. The highest BCUT2D eigenvalue weighted by Gasteiger charge is 2.28. The van der Waals surface area contributed by atoms with Gasteiger partial charge in [-0.3, -0.25) is 0 Å². The number of hydrogen-bond acceptors (Lipinski definition) is 4. The lowest BCUT2D eigenvalue weighted by molar-refractivity contribution is 0.683. The van der Waals surface area contributed by atoms with Crippen molar-refractivity contribution < 1.29 is 0 Å². The molecule has 1 atom stereocenters. The fourth-order valence-electron chi connectivity index (χ4n) is 2.16. The molecule has 0 N–H and O–H groups in total. The highest BCUT2D eigenvalue weighted by Crippen LogP contribution is 2.39. The van der Waals surface area contributed by atoms with Crippen LogP contribution in [0.2, 0.25) is 0 Å². The second-order valence-electron chi connectivity index (χ2n) is 4.80. The highest BCUT2D eigenvalue weighted by molar-refractivity contribution is 9.10. The van der Waals surface area contributed by atoms with Crippen LogP contribution in [0.5, 0.6) is 0 Å². The smallest absolute Gasteiger partial charge is 0.135 e. The quantitative estimate of drug-likeness (QED) is 0.785. The van der Waals surface area contributed by atoms with E-state index in [9.17, 15) is 0 Å². The van der Waals surface area contributed by atoms with Crippen LogP contribution in [0.15, 0.2) is 10.7 Å². The van der Waals surface area contributed by atoms with Crippen LogP contribution in [0.1, 0.15) is 31.5 Å². The lowest BCUT2D eigenvalue weighted by Gasteiger charge is -2.34. The van der Waals surface area contributed by atoms with Gasteiger partial charge in [-0.25, -0.2) is 9.97 Å². The molecular weight excluding hydrogens is 298 g/mol. The molecule has 2 heterocycles. The van der Waals surface area contributed by atoms with Gasteiger partial charge >= 0.3 is 0 Å². The summed E-state index contributed by atoms with van der Waals surface area (Å²) in [6, 6.07) is 2.63. The van der Waals surface area contributed by atoms with Crippen molar-refractivity contribution in [2.75, 3.05) is 23.0 Å². The third-order valence-corrected chi connectivity index (χ3v) is 4.90. The fraction of sp³-hybridized carbons (Fsp3) is 0.667. The van der Waals surface area contributed by atoms with E-state index in [0.29, 0.717) is 12.0 Å². The normalized spacial score (nSPS) is 25.1. The molecular formula is C12H16BrN3S. The van der Waals surface area contributed by atoms with Gasteiger partial charge in [-0.05, 0) is 35.7 Å². The molecule has 3 rings (SSSR count). The summed E-state index contributed by atoms with van der Waals surface area (Å²) in [5.74, 6) is 5.13. The molecule has 1 aliphatic heterocycles. The molecule has 2 fully saturated rings. The zero-order valence-corrected chi connectivity index (χ0v) is 12.3. The summed E-state index contributed by atoms with van der Waals surface area (Å²) < 4.78 is 0.926. The zero-order chi connectivity index (χ0) is 11.8. The van der Waals surface area contributed by atoms with Crippen LogP contribution in [-0.4, -0.2) is 34.1 Å². The Hall–Kier alpha value is -0.290. The summed E-state index contributed by atoms with van der Waals surface area (Å²) in [5, 5.41) is 0. The third-order valence-electron chi connectivity index (χ3n) is 3.30. The van der Waals surface area contributed by atoms with Crippen LogP contribution in [0.25, 0.3) is 0 Å². The van der Waals surface area contributed by atoms with E-state index >= 15 is 0 Å². The van der Waals surface area contributed by atoms with Gasteiger partial charge in [0.05, 0.1) is 0 Å². The van der Waals surface area contributed by atoms with E-state index in [4.69, 9.17) is 4.98 Å². The van der Waals surface area contributed by atoms with Crippen molar-refractivity contribution in [1.29, 1.82) is 0 Å². The van der Waals surface area contributed by atoms with Gasteiger partial charge in [0.15, 0.2) is 0 Å². The van der Waals surface area contributed by atoms with Gasteiger partial charge in [0.2, 0.25) is 0 Å². The van der Waals surface area contributed by atoms with Gasteiger partial charge in [-0.15, -0.1) is 0 Å². The van der Waals surface area contributed by atoms with Gasteiger partial charge in [0.25, 0.3) is 0 Å². The van der Waals surface area contributed by atoms with Crippen LogP contribution in [0.3, 0.4) is 0 Å². The molecule has 5 heteroatoms. The number of hydrogen-bond donors (Lipinski definition) is 0. The first-order valence-electron chi connectivity index (χ1n) is 6.13. The minimum absolute atomic E-state index is 0.572. The molecule has 3 nitrogen and oxygen atoms in total. The van der Waals surface area contributed by atoms with Crippen molar-refractivity contribution in [1.82, 2.24) is 9.97 Å². The van der Waals surface area contributed by atoms with Crippen molar-refractivity contribution >= 4 is 33.5 Å². The van der Waals surface area contributed by atoms with Crippen molar-refractivity contribution in [2.45, 2.75) is 31.7 Å². The summed E-state index contributed by atoms with van der Waals surface area (Å²) >= 11 is 5.54. The first-order chi connectivity index (χ1) is 8.24. The maximum Gasteiger partial charge on any atom is 0.135 e. The van der Waals surface area contributed by atoms with Crippen LogP contribution in [0.4, 0.5) is 5.82 Å². The second kappa shape index (κ2) is 4.76. The Bertz CT molecular complexity index is 422. The lowest BCUT2D eigenvalue weighted by Crippen LogP contribution is -2.41. The molecule has 0 aromatic carbocycles. The lowest BCUT2D eigenvalue weighted by atomic mass is 10.3. The summed E-state index contributed by atoms with van der Waals surface area (Å²) in [6.07, 6.45) is 2.50. The first kappa shape index (κ1) is 11.8. The molecule has 0 radical (unpaired) electrons. The average Bonchev–Trinajstić information content (AvgIpc) is 3.12. The molecule has 0 spiro atoms. The van der Waals surface area contributed by atoms with Crippen molar-refractivity contribution in [3.05, 3.63) is 16.5 Å². The van der Waals surface area contributed by atoms with E-state index in [2.05, 4.69) is 38.8 Å². The third kappa shape index (κ3) is 2.60. The Morgan fingerprint density at radius 3 is 2.94 bits per heavy atom. The van der Waals surface area contributed by atoms with E-state index in [-0.39, 0.29) is 0 Å². The van der Waals surface area contributed by atoms with Crippen molar-refractivity contribution in [3.63, 3.8) is 0 Å². The van der Waals surface area contributed by atoms with E-state index in [1.165, 1.54) is 24.3 Å². The number of anilines is 1. The Balaban J connectivity index is 1.90. The Morgan fingerprint density at radius 1 is 1.41 bits per heavy atom. The molecule has 1 unspecified atom stereocenters. The fourth-order valence-corrected chi connectivity index (χ4v) is 3.56. The van der Waals surface area contributed by atoms with Crippen molar-refractivity contribution in [3.8, 4) is 0 Å². The number of rotatable bonds is 2. The van der Waals surface area contributed by atoms with Crippen molar-refractivity contribution in [2.24, 2.45) is 0 Å². The van der Waals surface area contributed by atoms with E-state index in [1.807, 2.05) is 11.8 Å². The van der Waals surface area contributed by atoms with Gasteiger partial charge < -0.3 is 4.90 Å². The minimum Gasteiger partial charge on any atom is -0.352 e. The van der Waals surface area contributed by atoms with Crippen LogP contribution in [0, 0.1) is 0 Å². The van der Waals surface area contributed by atoms with Crippen LogP contribution >= 0.6 is 27.7 Å². The second-order valence-corrected chi connectivity index (χ2v) is 6.76. The maximum atomic E-state index is 4.75. The minimum atomic E-state index is 0.572. The van der Waals surface area contributed by atoms with E-state index in [0.717, 1.165) is 22.8 Å². The predicted molar refractivity (Wildman–Crippen MR) is 75.8 cm³/mol. The van der Waals surface area contributed by atoms with Crippen LogP contribution in [-0.2, 0) is 0 Å². The number of aromatic nitrogens is 2. The van der Waals surface area contributed by atoms with Gasteiger partial charge in [0.1, 0.15) is 16.2 Å². The molecule has 1 saturated carbocycles. The number of thioether (sulfide) groups is 1. The molecule has 0 amide bonds. The summed E-state index contributed by atoms with van der Waals surface area (Å²) in [6.45, 7) is 3.37. The van der Waals surface area contributed by atoms with Gasteiger partial charge in [0, 0.05) is 36.1 Å². The Morgan fingerprint density at radius 2 is 2.24 bits per heavy atom. The van der Waals surface area contributed by atoms with E-state index < -0.39 is 0 Å². The summed E-state index contributed by atoms with van der Waals surface area (Å²) in [5.41, 5.74) is 0. The number of halogens is 1.